The van der Waals surface area contributed by atoms with Gasteiger partial charge in [-0.25, -0.2) is 13.6 Å². The summed E-state index contributed by atoms with van der Waals surface area (Å²) < 4.78 is 23.2. The van der Waals surface area contributed by atoms with Crippen LogP contribution < -0.4 is 10.5 Å². The number of hydrogen-bond acceptors (Lipinski definition) is 3. The van der Waals surface area contributed by atoms with Crippen molar-refractivity contribution in [3.05, 3.63) is 59.7 Å². The maximum Gasteiger partial charge on any atom is 0.238 e. The molecule has 0 fully saturated rings. The molecule has 0 aliphatic carbocycles. The fraction of sp³-hybridized carbons (Fsp3) is 0.250. The Balaban J connectivity index is 2.31. The van der Waals surface area contributed by atoms with E-state index in [0.29, 0.717) is 5.56 Å². The van der Waals surface area contributed by atoms with E-state index >= 15 is 0 Å². The lowest BCUT2D eigenvalue weighted by Gasteiger charge is -2.19. The minimum atomic E-state index is -3.70. The fourth-order valence-electron chi connectivity index (χ4n) is 2.30. The van der Waals surface area contributed by atoms with Crippen LogP contribution in [0.15, 0.2) is 53.4 Å². The van der Waals surface area contributed by atoms with Crippen molar-refractivity contribution in [2.75, 3.05) is 5.32 Å². The van der Waals surface area contributed by atoms with Gasteiger partial charge in [-0.05, 0) is 36.6 Å². The minimum absolute atomic E-state index is 0.127. The molecular formula is C16H20N2O2S. The fourth-order valence-corrected chi connectivity index (χ4v) is 3.11. The number of primary sulfonamides is 1. The average Bonchev–Trinajstić information content (AvgIpc) is 2.46. The second kappa shape index (κ2) is 6.28. The monoisotopic (exact) mass is 304 g/mol. The molecule has 0 saturated carbocycles. The highest BCUT2D eigenvalue weighted by atomic mass is 32.2. The number of nitrogens with one attached hydrogen (secondary N) is 1. The molecule has 0 radical (unpaired) electrons. The van der Waals surface area contributed by atoms with Crippen LogP contribution >= 0.6 is 0 Å². The van der Waals surface area contributed by atoms with E-state index in [9.17, 15) is 8.42 Å². The van der Waals surface area contributed by atoms with Crippen LogP contribution in [0.5, 0.6) is 0 Å². The van der Waals surface area contributed by atoms with Crippen molar-refractivity contribution in [1.29, 1.82) is 0 Å². The molecule has 2 rings (SSSR count). The van der Waals surface area contributed by atoms with Crippen LogP contribution in [0.1, 0.15) is 30.5 Å². The maximum absolute atomic E-state index is 11.6. The number of sulfonamides is 1. The first-order valence-corrected chi connectivity index (χ1v) is 8.41. The van der Waals surface area contributed by atoms with Crippen LogP contribution in [0, 0.1) is 6.92 Å². The van der Waals surface area contributed by atoms with Gasteiger partial charge in [-0.15, -0.1) is 0 Å². The van der Waals surface area contributed by atoms with Gasteiger partial charge in [0.25, 0.3) is 0 Å². The topological polar surface area (TPSA) is 72.2 Å². The molecule has 0 bridgehead atoms. The molecule has 1 atom stereocenters. The molecular weight excluding hydrogens is 284 g/mol. The van der Waals surface area contributed by atoms with Crippen LogP contribution in [0.3, 0.4) is 0 Å². The Kier molecular flexibility index (Phi) is 4.65. The molecule has 0 aliphatic heterocycles. The molecule has 0 spiro atoms. The summed E-state index contributed by atoms with van der Waals surface area (Å²) in [6.07, 6.45) is 0.891. The number of nitrogens with two attached hydrogens (primary N) is 1. The van der Waals surface area contributed by atoms with E-state index in [-0.39, 0.29) is 10.9 Å². The lowest BCUT2D eigenvalue weighted by molar-refractivity contribution is 0.597. The SMILES string of the molecule is CCC(Nc1ccc(C)c(S(N)(=O)=O)c1)c1ccccc1. The van der Waals surface area contributed by atoms with E-state index in [0.717, 1.165) is 17.7 Å². The highest BCUT2D eigenvalue weighted by Gasteiger charge is 2.14. The summed E-state index contributed by atoms with van der Waals surface area (Å²) in [4.78, 5) is 0.162. The standard InChI is InChI=1S/C16H20N2O2S/c1-3-15(13-7-5-4-6-8-13)18-14-10-9-12(2)16(11-14)21(17,19)20/h4-11,15,18H,3H2,1-2H3,(H2,17,19,20). The Morgan fingerprint density at radius 2 is 1.81 bits per heavy atom. The smallest absolute Gasteiger partial charge is 0.238 e. The second-order valence-corrected chi connectivity index (χ2v) is 6.57. The van der Waals surface area contributed by atoms with E-state index in [1.807, 2.05) is 24.3 Å². The Labute approximate surface area is 126 Å². The molecule has 21 heavy (non-hydrogen) atoms. The summed E-state index contributed by atoms with van der Waals surface area (Å²) in [7, 11) is -3.70. The van der Waals surface area contributed by atoms with Gasteiger partial charge in [0.05, 0.1) is 10.9 Å². The highest BCUT2D eigenvalue weighted by molar-refractivity contribution is 7.89. The van der Waals surface area contributed by atoms with Gasteiger partial charge in [0.2, 0.25) is 10.0 Å². The molecule has 0 aliphatic rings. The lowest BCUT2D eigenvalue weighted by Crippen LogP contribution is -2.15. The number of aryl methyl sites for hydroxylation is 1. The molecule has 5 heteroatoms. The Morgan fingerprint density at radius 3 is 2.38 bits per heavy atom. The van der Waals surface area contributed by atoms with Crippen LogP contribution in [0.2, 0.25) is 0 Å². The van der Waals surface area contributed by atoms with Gasteiger partial charge >= 0.3 is 0 Å². The number of rotatable bonds is 5. The molecule has 112 valence electrons. The van der Waals surface area contributed by atoms with Gasteiger partial charge in [0, 0.05) is 5.69 Å². The maximum atomic E-state index is 11.6. The Morgan fingerprint density at radius 1 is 1.14 bits per heavy atom. The number of hydrogen-bond donors (Lipinski definition) is 2. The van der Waals surface area contributed by atoms with Crippen molar-refractivity contribution in [1.82, 2.24) is 0 Å². The van der Waals surface area contributed by atoms with E-state index in [1.54, 1.807) is 19.1 Å². The predicted octanol–water partition coefficient (Wildman–Crippen LogP) is 3.21. The molecule has 0 aromatic heterocycles. The third-order valence-corrected chi connectivity index (χ3v) is 4.50. The lowest BCUT2D eigenvalue weighted by atomic mass is 10.0. The largest absolute Gasteiger partial charge is 0.378 e. The molecule has 2 aromatic rings. The first-order chi connectivity index (χ1) is 9.91. The van der Waals surface area contributed by atoms with E-state index in [1.165, 1.54) is 0 Å². The molecule has 4 nitrogen and oxygen atoms in total. The number of anilines is 1. The van der Waals surface area contributed by atoms with Gasteiger partial charge < -0.3 is 5.32 Å². The van der Waals surface area contributed by atoms with E-state index in [4.69, 9.17) is 5.14 Å². The summed E-state index contributed by atoms with van der Waals surface area (Å²) in [6.45, 7) is 3.82. The minimum Gasteiger partial charge on any atom is -0.378 e. The van der Waals surface area contributed by atoms with E-state index in [2.05, 4.69) is 24.4 Å². The first kappa shape index (κ1) is 15.5. The van der Waals surface area contributed by atoms with Crippen molar-refractivity contribution in [2.24, 2.45) is 5.14 Å². The van der Waals surface area contributed by atoms with Crippen molar-refractivity contribution >= 4 is 15.7 Å². The number of benzene rings is 2. The molecule has 3 N–H and O–H groups in total. The van der Waals surface area contributed by atoms with Gasteiger partial charge in [0.15, 0.2) is 0 Å². The zero-order valence-corrected chi connectivity index (χ0v) is 13.0. The molecule has 2 aromatic carbocycles. The molecule has 1 unspecified atom stereocenters. The Bertz CT molecular complexity index is 712. The quantitative estimate of drug-likeness (QED) is 0.891. The summed E-state index contributed by atoms with van der Waals surface area (Å²) in [6, 6.07) is 15.4. The van der Waals surface area contributed by atoms with Crippen molar-refractivity contribution in [3.8, 4) is 0 Å². The third-order valence-electron chi connectivity index (χ3n) is 3.45. The van der Waals surface area contributed by atoms with Gasteiger partial charge in [0.1, 0.15) is 0 Å². The van der Waals surface area contributed by atoms with Crippen LogP contribution in [0.25, 0.3) is 0 Å². The van der Waals surface area contributed by atoms with Crippen molar-refractivity contribution in [2.45, 2.75) is 31.2 Å². The second-order valence-electron chi connectivity index (χ2n) is 5.04. The van der Waals surface area contributed by atoms with Gasteiger partial charge in [-0.3, -0.25) is 0 Å². The summed E-state index contributed by atoms with van der Waals surface area (Å²) >= 11 is 0. The average molecular weight is 304 g/mol. The normalized spacial score (nSPS) is 12.9. The highest BCUT2D eigenvalue weighted by Crippen LogP contribution is 2.25. The zero-order valence-electron chi connectivity index (χ0n) is 12.2. The Hall–Kier alpha value is -1.85. The van der Waals surface area contributed by atoms with Crippen molar-refractivity contribution < 1.29 is 8.42 Å². The van der Waals surface area contributed by atoms with Crippen LogP contribution in [0.4, 0.5) is 5.69 Å². The first-order valence-electron chi connectivity index (χ1n) is 6.86. The molecule has 0 saturated heterocycles. The van der Waals surface area contributed by atoms with Gasteiger partial charge in [-0.2, -0.15) is 0 Å². The van der Waals surface area contributed by atoms with E-state index < -0.39 is 10.0 Å². The molecule has 0 heterocycles. The van der Waals surface area contributed by atoms with Gasteiger partial charge in [-0.1, -0.05) is 43.3 Å². The van der Waals surface area contributed by atoms with Crippen molar-refractivity contribution in [3.63, 3.8) is 0 Å². The summed E-state index contributed by atoms with van der Waals surface area (Å²) in [5, 5.41) is 8.61. The van der Waals surface area contributed by atoms with Crippen LogP contribution in [-0.4, -0.2) is 8.42 Å². The summed E-state index contributed by atoms with van der Waals surface area (Å²) in [5.74, 6) is 0. The third kappa shape index (κ3) is 3.83. The predicted molar refractivity (Wildman–Crippen MR) is 85.6 cm³/mol. The van der Waals surface area contributed by atoms with Crippen LogP contribution in [-0.2, 0) is 10.0 Å². The summed E-state index contributed by atoms with van der Waals surface area (Å²) in [5.41, 5.74) is 2.56. The molecule has 0 amide bonds. The zero-order chi connectivity index (χ0) is 15.5.